The van der Waals surface area contributed by atoms with E-state index in [-0.39, 0.29) is 19.4 Å². The molecule has 2 N–H and O–H groups in total. The molecule has 2 aromatic carbocycles. The zero-order valence-electron chi connectivity index (χ0n) is 21.2. The summed E-state index contributed by atoms with van der Waals surface area (Å²) < 4.78 is 4.43. The van der Waals surface area contributed by atoms with E-state index in [1.54, 1.807) is 29.5 Å². The van der Waals surface area contributed by atoms with Gasteiger partial charge >= 0.3 is 0 Å². The number of thiazole rings is 1. The minimum atomic E-state index is -0.113. The molecule has 1 amide bonds. The molecule has 1 aliphatic heterocycles. The van der Waals surface area contributed by atoms with Gasteiger partial charge < -0.3 is 10.6 Å². The van der Waals surface area contributed by atoms with Gasteiger partial charge in [-0.05, 0) is 67.3 Å². The van der Waals surface area contributed by atoms with Gasteiger partial charge in [0.25, 0.3) is 0 Å². The number of nitrogens with one attached hydrogen (secondary N) is 2. The Labute approximate surface area is 247 Å². The second-order valence-electron chi connectivity index (χ2n) is 9.31. The summed E-state index contributed by atoms with van der Waals surface area (Å²) in [5, 5.41) is 9.19. The topological polar surface area (TPSA) is 87.5 Å². The highest BCUT2D eigenvalue weighted by atomic mass is 35.5. The number of piperidine rings is 1. The third-order valence-electron chi connectivity index (χ3n) is 6.38. The average molecular weight is 592 g/mol. The molecule has 0 saturated carbocycles. The van der Waals surface area contributed by atoms with Crippen molar-refractivity contribution in [2.24, 2.45) is 0 Å². The molecule has 40 heavy (non-hydrogen) atoms. The van der Waals surface area contributed by atoms with E-state index in [1.165, 1.54) is 11.8 Å². The zero-order chi connectivity index (χ0) is 26.8. The molecule has 0 aliphatic carbocycles. The number of rotatable bonds is 7. The number of hydrogen-bond acceptors (Lipinski definition) is 8. The monoisotopic (exact) mass is 591 g/mol. The van der Waals surface area contributed by atoms with Crippen molar-refractivity contribution in [2.75, 3.05) is 23.7 Å². The summed E-state index contributed by atoms with van der Waals surface area (Å²) in [7, 11) is 0. The first-order valence-corrected chi connectivity index (χ1v) is 14.7. The van der Waals surface area contributed by atoms with Crippen LogP contribution in [0.4, 0.5) is 11.6 Å². The van der Waals surface area contributed by atoms with Crippen LogP contribution in [0.25, 0.3) is 27.6 Å². The van der Waals surface area contributed by atoms with Gasteiger partial charge in [0.05, 0.1) is 11.4 Å². The first-order chi connectivity index (χ1) is 19.0. The Morgan fingerprint density at radius 3 is 2.83 bits per heavy atom. The van der Waals surface area contributed by atoms with E-state index in [9.17, 15) is 4.79 Å². The van der Waals surface area contributed by atoms with Crippen molar-refractivity contribution in [3.8, 4) is 22.6 Å². The van der Waals surface area contributed by atoms with Crippen LogP contribution in [-0.4, -0.2) is 48.7 Å². The summed E-state index contributed by atoms with van der Waals surface area (Å²) in [4.78, 5) is 28.0. The van der Waals surface area contributed by atoms with E-state index in [2.05, 4.69) is 36.5 Å². The number of aromatic nitrogens is 4. The maximum absolute atomic E-state index is 11.6. The number of imidazole rings is 1. The lowest BCUT2D eigenvalue weighted by Crippen LogP contribution is -2.38. The van der Waals surface area contributed by atoms with Crippen LogP contribution in [-0.2, 0) is 4.79 Å². The van der Waals surface area contributed by atoms with Crippen molar-refractivity contribution >= 4 is 57.4 Å². The predicted octanol–water partition coefficient (Wildman–Crippen LogP) is 7.35. The lowest BCUT2D eigenvalue weighted by molar-refractivity contribution is -0.114. The standard InChI is InChI=1S/C28H26ClN7OS2.CH4/c1-18(37)31-21-5-2-4-19(16-21)25-26(36-14-15-38-28(36)34-25)24-11-12-30-27(33-24)32-22-6-3-13-35(17-22)39-23-9-7-20(29)8-10-23;/h2,4-5,7-12,14-16,22H,3,6,13,17H2,1H3,(H,31,37)(H,30,32,33);1H4. The molecule has 0 spiro atoms. The largest absolute Gasteiger partial charge is 0.350 e. The molecule has 1 aliphatic rings. The number of carbonyl (C=O) groups excluding carboxylic acids is 1. The molecule has 1 fully saturated rings. The van der Waals surface area contributed by atoms with Crippen molar-refractivity contribution in [2.45, 2.75) is 38.1 Å². The molecule has 5 aromatic rings. The van der Waals surface area contributed by atoms with Gasteiger partial charge in [-0.25, -0.2) is 19.3 Å². The minimum Gasteiger partial charge on any atom is -0.350 e. The molecule has 1 atom stereocenters. The van der Waals surface area contributed by atoms with Crippen molar-refractivity contribution < 1.29 is 4.79 Å². The number of hydrogen-bond donors (Lipinski definition) is 2. The highest BCUT2D eigenvalue weighted by Crippen LogP contribution is 2.35. The summed E-state index contributed by atoms with van der Waals surface area (Å²) in [6.45, 7) is 3.41. The quantitative estimate of drug-likeness (QED) is 0.191. The number of fused-ring (bicyclic) bond motifs is 1. The van der Waals surface area contributed by atoms with E-state index in [0.717, 1.165) is 64.2 Å². The van der Waals surface area contributed by atoms with Crippen molar-refractivity contribution in [1.29, 1.82) is 0 Å². The number of benzene rings is 2. The maximum atomic E-state index is 11.6. The molecule has 4 heterocycles. The van der Waals surface area contributed by atoms with Crippen LogP contribution in [0.3, 0.4) is 0 Å². The Balaban J connectivity index is 0.00000323. The Morgan fingerprint density at radius 2 is 2.00 bits per heavy atom. The number of amides is 1. The van der Waals surface area contributed by atoms with Gasteiger partial charge in [0.15, 0.2) is 4.96 Å². The molecule has 6 rings (SSSR count). The number of anilines is 2. The Morgan fingerprint density at radius 1 is 1.15 bits per heavy atom. The van der Waals surface area contributed by atoms with Crippen molar-refractivity contribution in [3.63, 3.8) is 0 Å². The van der Waals surface area contributed by atoms with Gasteiger partial charge in [0, 0.05) is 65.0 Å². The molecule has 11 heteroatoms. The average Bonchev–Trinajstić information content (AvgIpc) is 3.52. The predicted molar refractivity (Wildman–Crippen MR) is 166 cm³/mol. The van der Waals surface area contributed by atoms with Crippen LogP contribution in [0.2, 0.25) is 5.02 Å². The highest BCUT2D eigenvalue weighted by Gasteiger charge is 2.23. The van der Waals surface area contributed by atoms with Crippen LogP contribution in [0.15, 0.2) is 77.3 Å². The summed E-state index contributed by atoms with van der Waals surface area (Å²) >= 11 is 9.37. The van der Waals surface area contributed by atoms with E-state index in [4.69, 9.17) is 21.6 Å². The Bertz CT molecular complexity index is 1620. The fraction of sp³-hybridized carbons (Fsp3) is 0.241. The second kappa shape index (κ2) is 12.4. The van der Waals surface area contributed by atoms with E-state index in [1.807, 2.05) is 54.0 Å². The van der Waals surface area contributed by atoms with Gasteiger partial charge in [-0.3, -0.25) is 9.20 Å². The van der Waals surface area contributed by atoms with E-state index >= 15 is 0 Å². The summed E-state index contributed by atoms with van der Waals surface area (Å²) in [5.74, 6) is 0.483. The molecule has 0 bridgehead atoms. The van der Waals surface area contributed by atoms with Crippen LogP contribution in [0.1, 0.15) is 27.2 Å². The first-order valence-electron chi connectivity index (χ1n) is 12.6. The molecule has 1 saturated heterocycles. The molecule has 0 radical (unpaired) electrons. The smallest absolute Gasteiger partial charge is 0.223 e. The van der Waals surface area contributed by atoms with Gasteiger partial charge in [-0.15, -0.1) is 11.3 Å². The fourth-order valence-corrected chi connectivity index (χ4v) is 6.58. The Hall–Kier alpha value is -3.44. The third kappa shape index (κ3) is 6.31. The van der Waals surface area contributed by atoms with Crippen LogP contribution in [0.5, 0.6) is 0 Å². The second-order valence-corrected chi connectivity index (χ2v) is 11.8. The highest BCUT2D eigenvalue weighted by molar-refractivity contribution is 7.97. The lowest BCUT2D eigenvalue weighted by Gasteiger charge is -2.32. The number of nitrogens with zero attached hydrogens (tertiary/aromatic N) is 5. The zero-order valence-corrected chi connectivity index (χ0v) is 23.6. The Kier molecular flexibility index (Phi) is 8.70. The number of carbonyl (C=O) groups is 1. The van der Waals surface area contributed by atoms with Gasteiger partial charge in [-0.2, -0.15) is 0 Å². The first kappa shape index (κ1) is 28.1. The normalized spacial score (nSPS) is 15.5. The minimum absolute atomic E-state index is 0. The van der Waals surface area contributed by atoms with Crippen molar-refractivity contribution in [3.05, 3.63) is 77.4 Å². The van der Waals surface area contributed by atoms with Gasteiger partial charge in [0.1, 0.15) is 5.69 Å². The summed E-state index contributed by atoms with van der Waals surface area (Å²) in [6.07, 6.45) is 5.93. The summed E-state index contributed by atoms with van der Waals surface area (Å²) in [6, 6.07) is 17.8. The third-order valence-corrected chi connectivity index (χ3v) is 8.46. The molecular weight excluding hydrogens is 562 g/mol. The molecule has 8 nitrogen and oxygen atoms in total. The lowest BCUT2D eigenvalue weighted by atomic mass is 10.1. The van der Waals surface area contributed by atoms with Crippen LogP contribution >= 0.6 is 34.9 Å². The van der Waals surface area contributed by atoms with Gasteiger partial charge in [0.2, 0.25) is 11.9 Å². The number of halogens is 1. The van der Waals surface area contributed by atoms with Gasteiger partial charge in [-0.1, -0.05) is 31.2 Å². The maximum Gasteiger partial charge on any atom is 0.223 e. The SMILES string of the molecule is C.CC(=O)Nc1cccc(-c2nc3sccn3c2-c2ccnc(NC3CCCN(Sc4ccc(Cl)cc4)C3)n2)c1. The fourth-order valence-electron chi connectivity index (χ4n) is 4.71. The molecular formula is C29H30ClN7OS2. The molecule has 3 aromatic heterocycles. The van der Waals surface area contributed by atoms with Crippen molar-refractivity contribution in [1.82, 2.24) is 23.7 Å². The summed E-state index contributed by atoms with van der Waals surface area (Å²) in [5.41, 5.74) is 4.11. The molecule has 206 valence electrons. The van der Waals surface area contributed by atoms with Crippen LogP contribution < -0.4 is 10.6 Å². The van der Waals surface area contributed by atoms with Crippen LogP contribution in [0, 0.1) is 0 Å². The van der Waals surface area contributed by atoms with E-state index < -0.39 is 0 Å². The van der Waals surface area contributed by atoms with E-state index in [0.29, 0.717) is 5.95 Å². The molecule has 1 unspecified atom stereocenters.